The predicted octanol–water partition coefficient (Wildman–Crippen LogP) is 5.15. The van der Waals surface area contributed by atoms with Crippen molar-refractivity contribution in [3.05, 3.63) is 91.4 Å². The first-order valence-corrected chi connectivity index (χ1v) is 8.45. The van der Waals surface area contributed by atoms with E-state index in [0.717, 1.165) is 22.9 Å². The van der Waals surface area contributed by atoms with Crippen molar-refractivity contribution in [1.29, 1.82) is 0 Å². The van der Waals surface area contributed by atoms with Crippen LogP contribution < -0.4 is 15.4 Å². The Hall–Kier alpha value is -3.93. The summed E-state index contributed by atoms with van der Waals surface area (Å²) in [5.41, 5.74) is 1.79. The summed E-state index contributed by atoms with van der Waals surface area (Å²) < 4.78 is 5.80. The number of para-hydroxylation sites is 1. The number of rotatable bonds is 6. The van der Waals surface area contributed by atoms with E-state index in [1.165, 1.54) is 0 Å². The third-order valence-corrected chi connectivity index (χ3v) is 3.70. The lowest BCUT2D eigenvalue weighted by atomic mass is 10.3. The Bertz CT molecular complexity index is 992. The normalized spacial score (nSPS) is 10.2. The Morgan fingerprint density at radius 2 is 1.33 bits per heavy atom. The zero-order valence-electron chi connectivity index (χ0n) is 14.4. The molecule has 0 aliphatic rings. The van der Waals surface area contributed by atoms with Crippen LogP contribution in [0.15, 0.2) is 91.4 Å². The molecule has 2 aromatic heterocycles. The van der Waals surface area contributed by atoms with E-state index in [9.17, 15) is 0 Å². The minimum Gasteiger partial charge on any atom is -0.457 e. The number of anilines is 4. The summed E-state index contributed by atoms with van der Waals surface area (Å²) in [5, 5.41) is 6.41. The summed E-state index contributed by atoms with van der Waals surface area (Å²) in [7, 11) is 0. The topological polar surface area (TPSA) is 72.0 Å². The molecule has 0 aliphatic heterocycles. The van der Waals surface area contributed by atoms with Crippen molar-refractivity contribution < 1.29 is 4.74 Å². The molecule has 6 heteroatoms. The molecular weight excluding hydrogens is 338 g/mol. The van der Waals surface area contributed by atoms with Crippen molar-refractivity contribution in [3.63, 3.8) is 0 Å². The minimum atomic E-state index is 0.509. The van der Waals surface area contributed by atoms with Crippen molar-refractivity contribution in [3.8, 4) is 11.5 Å². The fourth-order valence-electron chi connectivity index (χ4n) is 2.43. The molecule has 0 aliphatic carbocycles. The number of nitrogens with one attached hydrogen (secondary N) is 2. The predicted molar refractivity (Wildman–Crippen MR) is 106 cm³/mol. The van der Waals surface area contributed by atoms with Gasteiger partial charge in [-0.25, -0.2) is 4.98 Å². The Labute approximate surface area is 156 Å². The van der Waals surface area contributed by atoms with Gasteiger partial charge in [0.25, 0.3) is 0 Å². The smallest absolute Gasteiger partial charge is 0.229 e. The van der Waals surface area contributed by atoms with Gasteiger partial charge < -0.3 is 15.4 Å². The van der Waals surface area contributed by atoms with Gasteiger partial charge in [0, 0.05) is 30.0 Å². The first-order valence-electron chi connectivity index (χ1n) is 8.45. The van der Waals surface area contributed by atoms with E-state index in [-0.39, 0.29) is 0 Å². The lowest BCUT2D eigenvalue weighted by Crippen LogP contribution is -2.00. The van der Waals surface area contributed by atoms with Crippen molar-refractivity contribution in [2.75, 3.05) is 10.6 Å². The average molecular weight is 355 g/mol. The van der Waals surface area contributed by atoms with Crippen LogP contribution in [0.5, 0.6) is 11.5 Å². The molecule has 6 nitrogen and oxygen atoms in total. The van der Waals surface area contributed by atoms with Gasteiger partial charge in [-0.15, -0.1) is 0 Å². The number of pyridine rings is 1. The SMILES string of the molecule is c1ccc(Oc2ccc(Nc3ccnc(Nc4ccncc4)n3)cc2)cc1. The van der Waals surface area contributed by atoms with Gasteiger partial charge in [-0.05, 0) is 54.6 Å². The molecule has 0 atom stereocenters. The van der Waals surface area contributed by atoms with E-state index in [2.05, 4.69) is 25.6 Å². The molecule has 2 aromatic carbocycles. The fourth-order valence-corrected chi connectivity index (χ4v) is 2.43. The lowest BCUT2D eigenvalue weighted by Gasteiger charge is -2.09. The van der Waals surface area contributed by atoms with Gasteiger partial charge >= 0.3 is 0 Å². The highest BCUT2D eigenvalue weighted by molar-refractivity contribution is 5.59. The summed E-state index contributed by atoms with van der Waals surface area (Å²) in [4.78, 5) is 12.7. The van der Waals surface area contributed by atoms with Crippen molar-refractivity contribution >= 4 is 23.1 Å². The lowest BCUT2D eigenvalue weighted by molar-refractivity contribution is 0.483. The zero-order valence-corrected chi connectivity index (χ0v) is 14.4. The molecule has 0 amide bonds. The van der Waals surface area contributed by atoms with Crippen LogP contribution in [0.25, 0.3) is 0 Å². The van der Waals surface area contributed by atoms with E-state index in [1.54, 1.807) is 18.6 Å². The molecule has 0 unspecified atom stereocenters. The third kappa shape index (κ3) is 4.58. The van der Waals surface area contributed by atoms with Crippen molar-refractivity contribution in [2.45, 2.75) is 0 Å². The zero-order chi connectivity index (χ0) is 18.3. The Balaban J connectivity index is 1.42. The molecule has 4 rings (SSSR count). The summed E-state index contributed by atoms with van der Waals surface area (Å²) in [6, 6.07) is 22.9. The molecule has 4 aromatic rings. The monoisotopic (exact) mass is 355 g/mol. The second kappa shape index (κ2) is 7.97. The van der Waals surface area contributed by atoms with E-state index in [4.69, 9.17) is 4.74 Å². The van der Waals surface area contributed by atoms with Gasteiger partial charge in [0.1, 0.15) is 17.3 Å². The van der Waals surface area contributed by atoms with Gasteiger partial charge in [-0.2, -0.15) is 4.98 Å². The molecule has 2 N–H and O–H groups in total. The molecule has 0 saturated heterocycles. The van der Waals surface area contributed by atoms with E-state index < -0.39 is 0 Å². The molecule has 0 bridgehead atoms. The standard InChI is InChI=1S/C21H17N5O/c1-2-4-18(5-3-1)27-19-8-6-16(7-9-19)24-20-12-15-23-21(26-20)25-17-10-13-22-14-11-17/h1-15H,(H2,22,23,24,25,26). The largest absolute Gasteiger partial charge is 0.457 e. The molecular formula is C21H17N5O. The number of ether oxygens (including phenoxy) is 1. The maximum Gasteiger partial charge on any atom is 0.229 e. The summed E-state index contributed by atoms with van der Waals surface area (Å²) >= 11 is 0. The summed E-state index contributed by atoms with van der Waals surface area (Å²) in [6.45, 7) is 0. The highest BCUT2D eigenvalue weighted by Gasteiger charge is 2.02. The molecule has 2 heterocycles. The Morgan fingerprint density at radius 1 is 0.630 bits per heavy atom. The minimum absolute atomic E-state index is 0.509. The van der Waals surface area contributed by atoms with Crippen molar-refractivity contribution in [1.82, 2.24) is 15.0 Å². The van der Waals surface area contributed by atoms with E-state index >= 15 is 0 Å². The van der Waals surface area contributed by atoms with Crippen LogP contribution in [0.2, 0.25) is 0 Å². The summed E-state index contributed by atoms with van der Waals surface area (Å²) in [5.74, 6) is 2.78. The third-order valence-electron chi connectivity index (χ3n) is 3.70. The van der Waals surface area contributed by atoms with Gasteiger partial charge in [-0.1, -0.05) is 18.2 Å². The molecule has 0 saturated carbocycles. The quantitative estimate of drug-likeness (QED) is 0.498. The van der Waals surface area contributed by atoms with Crippen LogP contribution in [0.4, 0.5) is 23.1 Å². The fraction of sp³-hybridized carbons (Fsp3) is 0. The van der Waals surface area contributed by atoms with Crippen LogP contribution in [0.3, 0.4) is 0 Å². The van der Waals surface area contributed by atoms with Crippen LogP contribution in [0, 0.1) is 0 Å². The average Bonchev–Trinajstić information content (AvgIpc) is 2.71. The van der Waals surface area contributed by atoms with Crippen molar-refractivity contribution in [2.24, 2.45) is 0 Å². The number of nitrogens with zero attached hydrogens (tertiary/aromatic N) is 3. The number of hydrogen-bond donors (Lipinski definition) is 2. The Kier molecular flexibility index (Phi) is 4.88. The van der Waals surface area contributed by atoms with Gasteiger partial charge in [0.15, 0.2) is 0 Å². The van der Waals surface area contributed by atoms with Crippen LogP contribution >= 0.6 is 0 Å². The van der Waals surface area contributed by atoms with Crippen LogP contribution in [0.1, 0.15) is 0 Å². The number of benzene rings is 2. The van der Waals surface area contributed by atoms with Gasteiger partial charge in [-0.3, -0.25) is 4.98 Å². The second-order valence-corrected chi connectivity index (χ2v) is 5.69. The van der Waals surface area contributed by atoms with E-state index in [1.807, 2.05) is 72.8 Å². The van der Waals surface area contributed by atoms with Gasteiger partial charge in [0.2, 0.25) is 5.95 Å². The molecule has 0 radical (unpaired) electrons. The molecule has 0 spiro atoms. The summed E-state index contributed by atoms with van der Waals surface area (Å²) in [6.07, 6.45) is 5.12. The van der Waals surface area contributed by atoms with Gasteiger partial charge in [0.05, 0.1) is 0 Å². The molecule has 132 valence electrons. The van der Waals surface area contributed by atoms with E-state index in [0.29, 0.717) is 11.8 Å². The second-order valence-electron chi connectivity index (χ2n) is 5.69. The maximum absolute atomic E-state index is 5.80. The number of hydrogen-bond acceptors (Lipinski definition) is 6. The highest BCUT2D eigenvalue weighted by Crippen LogP contribution is 2.24. The first kappa shape index (κ1) is 16.5. The highest BCUT2D eigenvalue weighted by atomic mass is 16.5. The number of aromatic nitrogens is 3. The van der Waals surface area contributed by atoms with Crippen LogP contribution in [-0.4, -0.2) is 15.0 Å². The molecule has 0 fully saturated rings. The first-order chi connectivity index (χ1) is 13.3. The Morgan fingerprint density at radius 3 is 2.11 bits per heavy atom. The van der Waals surface area contributed by atoms with Crippen LogP contribution in [-0.2, 0) is 0 Å². The maximum atomic E-state index is 5.80. The molecule has 27 heavy (non-hydrogen) atoms.